The number of nitrogens with one attached hydrogen (secondary N) is 1. The van der Waals surface area contributed by atoms with E-state index in [2.05, 4.69) is 15.5 Å². The van der Waals surface area contributed by atoms with E-state index in [0.717, 1.165) is 5.56 Å². The fourth-order valence-electron chi connectivity index (χ4n) is 2.84. The van der Waals surface area contributed by atoms with Crippen molar-refractivity contribution >= 4 is 5.91 Å². The van der Waals surface area contributed by atoms with Crippen LogP contribution in [0.3, 0.4) is 0 Å². The molecule has 4 rings (SSSR count). The number of nitrogens with zero attached hydrogens (tertiary/aromatic N) is 2. The zero-order valence-corrected chi connectivity index (χ0v) is 15.0. The van der Waals surface area contributed by atoms with Crippen molar-refractivity contribution in [3.63, 3.8) is 0 Å². The van der Waals surface area contributed by atoms with Gasteiger partial charge in [0.05, 0.1) is 0 Å². The van der Waals surface area contributed by atoms with Gasteiger partial charge in [0.2, 0.25) is 18.5 Å². The lowest BCUT2D eigenvalue weighted by molar-refractivity contribution is 0.0914. The molecule has 2 heterocycles. The van der Waals surface area contributed by atoms with E-state index in [4.69, 9.17) is 14.0 Å². The van der Waals surface area contributed by atoms with Crippen LogP contribution >= 0.6 is 0 Å². The first kappa shape index (κ1) is 17.1. The van der Waals surface area contributed by atoms with Gasteiger partial charge in [-0.05, 0) is 36.2 Å². The van der Waals surface area contributed by atoms with Gasteiger partial charge in [-0.25, -0.2) is 0 Å². The number of carbonyl (C=O) groups excluding carboxylic acids is 1. The maximum Gasteiger partial charge on any atom is 0.251 e. The first-order valence-corrected chi connectivity index (χ1v) is 8.71. The molecule has 0 unspecified atom stereocenters. The van der Waals surface area contributed by atoms with E-state index in [9.17, 15) is 4.79 Å². The van der Waals surface area contributed by atoms with Gasteiger partial charge in [0.25, 0.3) is 5.91 Å². The van der Waals surface area contributed by atoms with Gasteiger partial charge in [0.1, 0.15) is 6.04 Å². The predicted octanol–water partition coefficient (Wildman–Crippen LogP) is 3.59. The predicted molar refractivity (Wildman–Crippen MR) is 97.3 cm³/mol. The van der Waals surface area contributed by atoms with Crippen molar-refractivity contribution in [2.75, 3.05) is 6.79 Å². The normalized spacial score (nSPS) is 13.6. The number of hydrogen-bond acceptors (Lipinski definition) is 6. The molecule has 27 heavy (non-hydrogen) atoms. The van der Waals surface area contributed by atoms with Crippen molar-refractivity contribution in [1.82, 2.24) is 15.5 Å². The maximum atomic E-state index is 12.5. The van der Waals surface area contributed by atoms with Crippen LogP contribution in [0.25, 0.3) is 11.4 Å². The number of rotatable bonds is 5. The third-order valence-electron chi connectivity index (χ3n) is 4.33. The second kappa shape index (κ2) is 7.11. The van der Waals surface area contributed by atoms with Crippen molar-refractivity contribution in [3.05, 3.63) is 60.0 Å². The Morgan fingerprint density at radius 2 is 1.85 bits per heavy atom. The summed E-state index contributed by atoms with van der Waals surface area (Å²) in [6.07, 6.45) is 0. The van der Waals surface area contributed by atoms with Crippen molar-refractivity contribution in [3.8, 4) is 22.9 Å². The molecule has 0 fully saturated rings. The van der Waals surface area contributed by atoms with Crippen LogP contribution in [0.15, 0.2) is 53.1 Å². The summed E-state index contributed by atoms with van der Waals surface area (Å²) in [7, 11) is 0. The van der Waals surface area contributed by atoms with Gasteiger partial charge >= 0.3 is 0 Å². The Balaban J connectivity index is 1.57. The number of carbonyl (C=O) groups is 1. The van der Waals surface area contributed by atoms with Gasteiger partial charge < -0.3 is 19.3 Å². The lowest BCUT2D eigenvalue weighted by atomic mass is 10.0. The highest BCUT2D eigenvalue weighted by Crippen LogP contribution is 2.35. The fraction of sp³-hybridized carbons (Fsp3) is 0.250. The Kier molecular flexibility index (Phi) is 4.50. The molecule has 1 aromatic heterocycles. The Hall–Kier alpha value is -3.35. The first-order valence-electron chi connectivity index (χ1n) is 8.71. The number of amides is 1. The number of ether oxygens (including phenoxy) is 2. The Bertz CT molecular complexity index is 953. The molecule has 0 spiro atoms. The Morgan fingerprint density at radius 3 is 2.63 bits per heavy atom. The summed E-state index contributed by atoms with van der Waals surface area (Å²) < 4.78 is 16.2. The van der Waals surface area contributed by atoms with Gasteiger partial charge in [-0.3, -0.25) is 4.79 Å². The molecule has 0 aliphatic carbocycles. The van der Waals surface area contributed by atoms with Crippen molar-refractivity contribution < 1.29 is 18.8 Å². The molecule has 0 radical (unpaired) electrons. The summed E-state index contributed by atoms with van der Waals surface area (Å²) in [5, 5.41) is 7.04. The number of fused-ring (bicyclic) bond motifs is 1. The second-order valence-electron chi connectivity index (χ2n) is 6.59. The molecule has 0 saturated heterocycles. The summed E-state index contributed by atoms with van der Waals surface area (Å²) in [6.45, 7) is 4.18. The van der Waals surface area contributed by atoms with Crippen molar-refractivity contribution in [2.24, 2.45) is 5.92 Å². The van der Waals surface area contributed by atoms with Crippen LogP contribution in [0, 0.1) is 5.92 Å². The zero-order valence-electron chi connectivity index (χ0n) is 15.0. The summed E-state index contributed by atoms with van der Waals surface area (Å²) in [4.78, 5) is 17.0. The minimum atomic E-state index is -0.395. The highest BCUT2D eigenvalue weighted by atomic mass is 16.7. The minimum absolute atomic E-state index is 0.0720. The monoisotopic (exact) mass is 365 g/mol. The molecular weight excluding hydrogens is 346 g/mol. The van der Waals surface area contributed by atoms with Crippen LogP contribution < -0.4 is 14.8 Å². The lowest BCUT2D eigenvalue weighted by Gasteiger charge is -2.18. The first-order chi connectivity index (χ1) is 13.1. The third kappa shape index (κ3) is 3.48. The quantitative estimate of drug-likeness (QED) is 0.743. The average molecular weight is 365 g/mol. The van der Waals surface area contributed by atoms with Gasteiger partial charge in [0.15, 0.2) is 11.5 Å². The van der Waals surface area contributed by atoms with Crippen LogP contribution in [0.1, 0.15) is 36.1 Å². The standard InChI is InChI=1S/C20H19N3O4/c1-12(2)17(21-19(24)13-6-4-3-5-7-13)20-22-18(23-27-20)14-8-9-15-16(10-14)26-11-25-15/h3-10,12,17H,11H2,1-2H3,(H,21,24)/t17-/m0/s1. The molecule has 1 aliphatic rings. The van der Waals surface area contributed by atoms with Crippen LogP contribution in [0.2, 0.25) is 0 Å². The summed E-state index contributed by atoms with van der Waals surface area (Å²) in [6, 6.07) is 14.1. The molecule has 0 saturated carbocycles. The Labute approximate surface area is 156 Å². The van der Waals surface area contributed by atoms with E-state index in [-0.39, 0.29) is 18.6 Å². The maximum absolute atomic E-state index is 12.5. The minimum Gasteiger partial charge on any atom is -0.454 e. The van der Waals surface area contributed by atoms with Gasteiger partial charge in [-0.2, -0.15) is 4.98 Å². The molecule has 1 amide bonds. The molecular formula is C20H19N3O4. The molecule has 7 heteroatoms. The highest BCUT2D eigenvalue weighted by Gasteiger charge is 2.26. The largest absolute Gasteiger partial charge is 0.454 e. The van der Waals surface area contributed by atoms with Gasteiger partial charge in [-0.15, -0.1) is 0 Å². The molecule has 0 bridgehead atoms. The second-order valence-corrected chi connectivity index (χ2v) is 6.59. The van der Waals surface area contributed by atoms with E-state index in [1.165, 1.54) is 0 Å². The van der Waals surface area contributed by atoms with Gasteiger partial charge in [0, 0.05) is 11.1 Å². The summed E-state index contributed by atoms with van der Waals surface area (Å²) >= 11 is 0. The van der Waals surface area contributed by atoms with Crippen molar-refractivity contribution in [2.45, 2.75) is 19.9 Å². The van der Waals surface area contributed by atoms with Crippen LogP contribution in [-0.4, -0.2) is 22.8 Å². The lowest BCUT2D eigenvalue weighted by Crippen LogP contribution is -2.32. The summed E-state index contributed by atoms with van der Waals surface area (Å²) in [5.74, 6) is 2.03. The number of benzene rings is 2. The molecule has 1 N–H and O–H groups in total. The molecule has 3 aromatic rings. The van der Waals surface area contributed by atoms with Crippen LogP contribution in [0.4, 0.5) is 0 Å². The smallest absolute Gasteiger partial charge is 0.251 e. The highest BCUT2D eigenvalue weighted by molar-refractivity contribution is 5.94. The van der Waals surface area contributed by atoms with Gasteiger partial charge in [-0.1, -0.05) is 37.2 Å². The third-order valence-corrected chi connectivity index (χ3v) is 4.33. The number of aromatic nitrogens is 2. The average Bonchev–Trinajstić information content (AvgIpc) is 3.35. The molecule has 1 aliphatic heterocycles. The van der Waals surface area contributed by atoms with Crippen LogP contribution in [-0.2, 0) is 0 Å². The molecule has 2 aromatic carbocycles. The molecule has 138 valence electrons. The fourth-order valence-corrected chi connectivity index (χ4v) is 2.84. The summed E-state index contributed by atoms with van der Waals surface area (Å²) in [5.41, 5.74) is 1.34. The van der Waals surface area contributed by atoms with E-state index >= 15 is 0 Å². The van der Waals surface area contributed by atoms with E-state index in [0.29, 0.717) is 28.8 Å². The topological polar surface area (TPSA) is 86.5 Å². The Morgan fingerprint density at radius 1 is 1.07 bits per heavy atom. The van der Waals surface area contributed by atoms with Crippen molar-refractivity contribution in [1.29, 1.82) is 0 Å². The number of hydrogen-bond donors (Lipinski definition) is 1. The van der Waals surface area contributed by atoms with Crippen LogP contribution in [0.5, 0.6) is 11.5 Å². The van der Waals surface area contributed by atoms with E-state index in [1.807, 2.05) is 50.2 Å². The molecule has 1 atom stereocenters. The zero-order chi connectivity index (χ0) is 18.8. The molecule has 7 nitrogen and oxygen atoms in total. The van der Waals surface area contributed by atoms with E-state index < -0.39 is 6.04 Å². The SMILES string of the molecule is CC(C)[C@H](NC(=O)c1ccccc1)c1nc(-c2ccc3c(c2)OCO3)no1. The van der Waals surface area contributed by atoms with E-state index in [1.54, 1.807) is 12.1 Å².